The molecule has 0 rings (SSSR count). The fourth-order valence-electron chi connectivity index (χ4n) is 0.965. The maximum atomic E-state index is 10.6. The summed E-state index contributed by atoms with van der Waals surface area (Å²) in [5, 5.41) is 0. The molecule has 0 bridgehead atoms. The van der Waals surface area contributed by atoms with Gasteiger partial charge in [0.2, 0.25) is 0 Å². The molecule has 1 unspecified atom stereocenters. The van der Waals surface area contributed by atoms with Crippen LogP contribution in [0.1, 0.15) is 27.7 Å². The maximum Gasteiger partial charge on any atom is 0.303 e. The Kier molecular flexibility index (Phi) is 6.54. The molecule has 78 valence electrons. The third-order valence-corrected chi connectivity index (χ3v) is 1.40. The lowest BCUT2D eigenvalue weighted by atomic mass is 10.4. The molecule has 0 spiro atoms. The highest BCUT2D eigenvalue weighted by Crippen LogP contribution is 2.05. The van der Waals surface area contributed by atoms with E-state index >= 15 is 0 Å². The van der Waals surface area contributed by atoms with Crippen molar-refractivity contribution in [2.45, 2.75) is 40.1 Å². The molecule has 0 saturated carbocycles. The number of ether oxygens (including phenoxy) is 3. The van der Waals surface area contributed by atoms with E-state index in [2.05, 4.69) is 0 Å². The Balaban J connectivity index is 3.93. The number of carbonyl (C=O) groups excluding carboxylic acids is 1. The summed E-state index contributed by atoms with van der Waals surface area (Å²) in [5.41, 5.74) is 0. The third-order valence-electron chi connectivity index (χ3n) is 1.40. The van der Waals surface area contributed by atoms with Gasteiger partial charge < -0.3 is 14.2 Å². The van der Waals surface area contributed by atoms with Crippen LogP contribution in [0.2, 0.25) is 0 Å². The van der Waals surface area contributed by atoms with Gasteiger partial charge in [-0.05, 0) is 20.8 Å². The van der Waals surface area contributed by atoms with Gasteiger partial charge in [-0.3, -0.25) is 4.79 Å². The van der Waals surface area contributed by atoms with Crippen LogP contribution < -0.4 is 0 Å². The van der Waals surface area contributed by atoms with Crippen LogP contribution in [0.4, 0.5) is 0 Å². The van der Waals surface area contributed by atoms with E-state index in [1.165, 1.54) is 6.92 Å². The minimum Gasteiger partial charge on any atom is -0.457 e. The van der Waals surface area contributed by atoms with E-state index in [9.17, 15) is 4.79 Å². The van der Waals surface area contributed by atoms with Crippen molar-refractivity contribution in [3.05, 3.63) is 0 Å². The highest BCUT2D eigenvalue weighted by molar-refractivity contribution is 5.66. The average Bonchev–Trinajstić information content (AvgIpc) is 2.02. The van der Waals surface area contributed by atoms with Gasteiger partial charge in [0.15, 0.2) is 6.29 Å². The van der Waals surface area contributed by atoms with Crippen LogP contribution >= 0.6 is 0 Å². The summed E-state index contributed by atoms with van der Waals surface area (Å²) in [7, 11) is 0. The molecule has 4 heteroatoms. The minimum atomic E-state index is -0.459. The number of hydrogen-bond donors (Lipinski definition) is 0. The van der Waals surface area contributed by atoms with Crippen LogP contribution in [0, 0.1) is 0 Å². The molecular weight excluding hydrogens is 172 g/mol. The van der Waals surface area contributed by atoms with E-state index in [1.807, 2.05) is 13.8 Å². The predicted octanol–water partition coefficient (Wildman–Crippen LogP) is 1.34. The fourth-order valence-corrected chi connectivity index (χ4v) is 0.965. The fraction of sp³-hybridized carbons (Fsp3) is 0.889. The first-order valence-corrected chi connectivity index (χ1v) is 4.52. The quantitative estimate of drug-likeness (QED) is 0.468. The molecule has 0 aliphatic heterocycles. The molecular formula is C9H18O4. The van der Waals surface area contributed by atoms with Gasteiger partial charge in [-0.1, -0.05) is 0 Å². The number of hydrogen-bond acceptors (Lipinski definition) is 4. The van der Waals surface area contributed by atoms with Crippen LogP contribution in [-0.4, -0.2) is 31.6 Å². The first-order chi connectivity index (χ1) is 6.11. The zero-order valence-electron chi connectivity index (χ0n) is 8.70. The summed E-state index contributed by atoms with van der Waals surface area (Å²) in [6, 6.07) is 0. The van der Waals surface area contributed by atoms with E-state index in [0.717, 1.165) is 0 Å². The van der Waals surface area contributed by atoms with Crippen LogP contribution in [0.15, 0.2) is 0 Å². The van der Waals surface area contributed by atoms with Gasteiger partial charge in [0.05, 0.1) is 0 Å². The van der Waals surface area contributed by atoms with E-state index in [4.69, 9.17) is 14.2 Å². The van der Waals surface area contributed by atoms with Crippen molar-refractivity contribution in [1.82, 2.24) is 0 Å². The predicted molar refractivity (Wildman–Crippen MR) is 48.3 cm³/mol. The van der Waals surface area contributed by atoms with E-state index < -0.39 is 6.29 Å². The Bertz CT molecular complexity index is 141. The summed E-state index contributed by atoms with van der Waals surface area (Å²) in [6.07, 6.45) is -0.823. The SMILES string of the molecule is CCOC(OCC)C(C)OC(C)=O. The molecule has 0 fully saturated rings. The Morgan fingerprint density at radius 1 is 1.23 bits per heavy atom. The average molecular weight is 190 g/mol. The molecule has 0 amide bonds. The standard InChI is InChI=1S/C9H18O4/c1-5-11-9(12-6-2)7(3)13-8(4)10/h7,9H,5-6H2,1-4H3. The molecule has 0 heterocycles. The molecule has 13 heavy (non-hydrogen) atoms. The number of rotatable bonds is 6. The van der Waals surface area contributed by atoms with Crippen LogP contribution in [-0.2, 0) is 19.0 Å². The van der Waals surface area contributed by atoms with Crippen molar-refractivity contribution >= 4 is 5.97 Å². The minimum absolute atomic E-state index is 0.322. The largest absolute Gasteiger partial charge is 0.457 e. The van der Waals surface area contributed by atoms with Crippen molar-refractivity contribution in [2.75, 3.05) is 13.2 Å². The molecule has 0 aromatic carbocycles. The normalized spacial score (nSPS) is 13.0. The van der Waals surface area contributed by atoms with Crippen molar-refractivity contribution in [3.8, 4) is 0 Å². The second-order valence-corrected chi connectivity index (χ2v) is 2.59. The third kappa shape index (κ3) is 5.60. The molecule has 0 saturated heterocycles. The van der Waals surface area contributed by atoms with Gasteiger partial charge in [0.25, 0.3) is 0 Å². The number of esters is 1. The van der Waals surface area contributed by atoms with Gasteiger partial charge in [-0.25, -0.2) is 0 Å². The molecule has 0 aliphatic rings. The Hall–Kier alpha value is -0.610. The summed E-state index contributed by atoms with van der Waals surface area (Å²) >= 11 is 0. The molecule has 0 N–H and O–H groups in total. The van der Waals surface area contributed by atoms with Crippen LogP contribution in [0.3, 0.4) is 0 Å². The summed E-state index contributed by atoms with van der Waals surface area (Å²) in [4.78, 5) is 10.6. The smallest absolute Gasteiger partial charge is 0.303 e. The zero-order valence-corrected chi connectivity index (χ0v) is 8.70. The van der Waals surface area contributed by atoms with Crippen molar-refractivity contribution in [2.24, 2.45) is 0 Å². The number of carbonyl (C=O) groups is 1. The van der Waals surface area contributed by atoms with Crippen molar-refractivity contribution < 1.29 is 19.0 Å². The Labute approximate surface area is 79.2 Å². The molecule has 0 aromatic rings. The highest BCUT2D eigenvalue weighted by Gasteiger charge is 2.19. The second kappa shape index (κ2) is 6.86. The van der Waals surface area contributed by atoms with Crippen molar-refractivity contribution in [3.63, 3.8) is 0 Å². The molecule has 0 radical (unpaired) electrons. The van der Waals surface area contributed by atoms with Gasteiger partial charge in [0.1, 0.15) is 6.10 Å². The van der Waals surface area contributed by atoms with Gasteiger partial charge in [-0.15, -0.1) is 0 Å². The lowest BCUT2D eigenvalue weighted by Crippen LogP contribution is -2.33. The highest BCUT2D eigenvalue weighted by atomic mass is 16.7. The van der Waals surface area contributed by atoms with Crippen LogP contribution in [0.25, 0.3) is 0 Å². The molecule has 1 atom stereocenters. The molecule has 4 nitrogen and oxygen atoms in total. The van der Waals surface area contributed by atoms with Gasteiger partial charge in [-0.2, -0.15) is 0 Å². The first-order valence-electron chi connectivity index (χ1n) is 4.52. The monoisotopic (exact) mass is 190 g/mol. The summed E-state index contributed by atoms with van der Waals surface area (Å²) in [6.45, 7) is 7.92. The zero-order chi connectivity index (χ0) is 10.3. The Morgan fingerprint density at radius 2 is 1.69 bits per heavy atom. The van der Waals surface area contributed by atoms with E-state index in [-0.39, 0.29) is 12.1 Å². The van der Waals surface area contributed by atoms with Gasteiger partial charge in [0, 0.05) is 20.1 Å². The maximum absolute atomic E-state index is 10.6. The van der Waals surface area contributed by atoms with E-state index in [1.54, 1.807) is 6.92 Å². The first kappa shape index (κ1) is 12.4. The second-order valence-electron chi connectivity index (χ2n) is 2.59. The van der Waals surface area contributed by atoms with Crippen molar-refractivity contribution in [1.29, 1.82) is 0 Å². The molecule has 0 aliphatic carbocycles. The van der Waals surface area contributed by atoms with E-state index in [0.29, 0.717) is 13.2 Å². The lowest BCUT2D eigenvalue weighted by molar-refractivity contribution is -0.201. The van der Waals surface area contributed by atoms with Crippen LogP contribution in [0.5, 0.6) is 0 Å². The summed E-state index contributed by atoms with van der Waals surface area (Å²) in [5.74, 6) is -0.322. The summed E-state index contributed by atoms with van der Waals surface area (Å²) < 4.78 is 15.4. The lowest BCUT2D eigenvalue weighted by Gasteiger charge is -2.22. The topological polar surface area (TPSA) is 44.8 Å². The Morgan fingerprint density at radius 3 is 2.00 bits per heavy atom. The van der Waals surface area contributed by atoms with Gasteiger partial charge >= 0.3 is 5.97 Å². The molecule has 0 aromatic heterocycles.